The fourth-order valence-corrected chi connectivity index (χ4v) is 2.59. The first-order valence-electron chi connectivity index (χ1n) is 7.67. The maximum atomic E-state index is 13.5. The van der Waals surface area contributed by atoms with E-state index < -0.39 is 17.5 Å². The number of amides is 1. The summed E-state index contributed by atoms with van der Waals surface area (Å²) in [6.45, 7) is 6.09. The summed E-state index contributed by atoms with van der Waals surface area (Å²) in [6, 6.07) is 2.94. The van der Waals surface area contributed by atoms with Gasteiger partial charge in [-0.1, -0.05) is 6.92 Å². The molecule has 1 unspecified atom stereocenters. The summed E-state index contributed by atoms with van der Waals surface area (Å²) in [5.41, 5.74) is -0.140. The summed E-state index contributed by atoms with van der Waals surface area (Å²) in [7, 11) is 0. The number of benzene rings is 1. The predicted octanol–water partition coefficient (Wildman–Crippen LogP) is 2.20. The van der Waals surface area contributed by atoms with Gasteiger partial charge in [0.25, 0.3) is 5.91 Å². The highest BCUT2D eigenvalue weighted by atomic mass is 19.1. The fraction of sp³-hybridized carbons (Fsp3) is 0.562. The van der Waals surface area contributed by atoms with E-state index in [1.165, 1.54) is 0 Å². The van der Waals surface area contributed by atoms with Crippen LogP contribution in [0, 0.1) is 11.6 Å². The number of halogens is 2. The molecule has 6 heteroatoms. The van der Waals surface area contributed by atoms with Crippen LogP contribution in [0.3, 0.4) is 0 Å². The lowest BCUT2D eigenvalue weighted by molar-refractivity contribution is -0.0312. The van der Waals surface area contributed by atoms with Crippen molar-refractivity contribution in [1.29, 1.82) is 0 Å². The van der Waals surface area contributed by atoms with Crippen LogP contribution in [-0.4, -0.2) is 49.7 Å². The summed E-state index contributed by atoms with van der Waals surface area (Å²) in [4.78, 5) is 14.2. The summed E-state index contributed by atoms with van der Waals surface area (Å²) in [5.74, 6) is -2.07. The zero-order valence-electron chi connectivity index (χ0n) is 12.8. The minimum absolute atomic E-state index is 0.0821. The van der Waals surface area contributed by atoms with Crippen LogP contribution in [0.4, 0.5) is 8.78 Å². The van der Waals surface area contributed by atoms with E-state index in [2.05, 4.69) is 17.1 Å². The summed E-state index contributed by atoms with van der Waals surface area (Å²) in [6.07, 6.45) is 1.86. The van der Waals surface area contributed by atoms with Crippen LogP contribution >= 0.6 is 0 Å². The molecule has 1 atom stereocenters. The third-order valence-corrected chi connectivity index (χ3v) is 3.69. The average molecular weight is 312 g/mol. The highest BCUT2D eigenvalue weighted by Gasteiger charge is 2.20. The van der Waals surface area contributed by atoms with Crippen molar-refractivity contribution in [3.8, 4) is 0 Å². The van der Waals surface area contributed by atoms with Crippen molar-refractivity contribution in [2.45, 2.75) is 25.9 Å². The van der Waals surface area contributed by atoms with Gasteiger partial charge in [-0.05, 0) is 31.5 Å². The minimum Gasteiger partial charge on any atom is -0.375 e. The Morgan fingerprint density at radius 2 is 2.27 bits per heavy atom. The molecular formula is C16H22F2N2O2. The number of nitrogens with zero attached hydrogens (tertiary/aromatic N) is 1. The molecule has 1 amide bonds. The first-order valence-corrected chi connectivity index (χ1v) is 7.67. The van der Waals surface area contributed by atoms with Crippen LogP contribution in [0.1, 0.15) is 30.1 Å². The fourth-order valence-electron chi connectivity index (χ4n) is 2.59. The van der Waals surface area contributed by atoms with Gasteiger partial charge in [0.2, 0.25) is 0 Å². The normalized spacial score (nSPS) is 19.1. The molecule has 0 radical (unpaired) electrons. The molecule has 4 nitrogen and oxygen atoms in total. The quantitative estimate of drug-likeness (QED) is 0.875. The SMILES string of the molecule is CCCN1CCOC(CCNC(=O)c2ccc(F)cc2F)C1. The van der Waals surface area contributed by atoms with E-state index in [1.54, 1.807) is 0 Å². The van der Waals surface area contributed by atoms with Crippen molar-refractivity contribution in [2.24, 2.45) is 0 Å². The molecule has 1 aromatic rings. The first-order chi connectivity index (χ1) is 10.6. The van der Waals surface area contributed by atoms with Crippen LogP contribution in [-0.2, 0) is 4.74 Å². The third kappa shape index (κ3) is 4.74. The third-order valence-electron chi connectivity index (χ3n) is 3.69. The van der Waals surface area contributed by atoms with Gasteiger partial charge < -0.3 is 10.1 Å². The monoisotopic (exact) mass is 312 g/mol. The van der Waals surface area contributed by atoms with Crippen molar-refractivity contribution < 1.29 is 18.3 Å². The minimum atomic E-state index is -0.847. The van der Waals surface area contributed by atoms with Crippen molar-refractivity contribution in [2.75, 3.05) is 32.8 Å². The molecule has 1 aliphatic rings. The van der Waals surface area contributed by atoms with Gasteiger partial charge in [0.1, 0.15) is 11.6 Å². The zero-order chi connectivity index (χ0) is 15.9. The first kappa shape index (κ1) is 16.8. The van der Waals surface area contributed by atoms with Gasteiger partial charge in [0, 0.05) is 25.7 Å². The van der Waals surface area contributed by atoms with Gasteiger partial charge >= 0.3 is 0 Å². The molecule has 1 aromatic carbocycles. The van der Waals surface area contributed by atoms with E-state index in [9.17, 15) is 13.6 Å². The predicted molar refractivity (Wildman–Crippen MR) is 79.8 cm³/mol. The second-order valence-corrected chi connectivity index (χ2v) is 5.46. The lowest BCUT2D eigenvalue weighted by atomic mass is 10.1. The molecular weight excluding hydrogens is 290 g/mol. The second kappa shape index (κ2) is 8.19. The Balaban J connectivity index is 1.77. The number of nitrogens with one attached hydrogen (secondary N) is 1. The van der Waals surface area contributed by atoms with E-state index in [4.69, 9.17) is 4.74 Å². The van der Waals surface area contributed by atoms with E-state index in [1.807, 2.05) is 0 Å². The molecule has 0 aromatic heterocycles. The zero-order valence-corrected chi connectivity index (χ0v) is 12.8. The Morgan fingerprint density at radius 3 is 3.00 bits per heavy atom. The average Bonchev–Trinajstić information content (AvgIpc) is 2.48. The lowest BCUT2D eigenvalue weighted by Gasteiger charge is -2.32. The van der Waals surface area contributed by atoms with Crippen LogP contribution < -0.4 is 5.32 Å². The molecule has 1 aliphatic heterocycles. The van der Waals surface area contributed by atoms with E-state index >= 15 is 0 Å². The van der Waals surface area contributed by atoms with E-state index in [0.29, 0.717) is 25.6 Å². The van der Waals surface area contributed by atoms with Crippen LogP contribution in [0.2, 0.25) is 0 Å². The Hall–Kier alpha value is -1.53. The Bertz CT molecular complexity index is 509. The number of carbonyl (C=O) groups is 1. The summed E-state index contributed by atoms with van der Waals surface area (Å²) in [5, 5.41) is 2.65. The van der Waals surface area contributed by atoms with Gasteiger partial charge in [0.15, 0.2) is 0 Å². The molecule has 0 spiro atoms. The smallest absolute Gasteiger partial charge is 0.254 e. The molecule has 0 aliphatic carbocycles. The maximum absolute atomic E-state index is 13.5. The Morgan fingerprint density at radius 1 is 1.45 bits per heavy atom. The highest BCUT2D eigenvalue weighted by molar-refractivity contribution is 5.94. The number of morpholine rings is 1. The number of ether oxygens (including phenoxy) is 1. The van der Waals surface area contributed by atoms with Crippen molar-refractivity contribution >= 4 is 5.91 Å². The molecule has 0 saturated carbocycles. The molecule has 1 fully saturated rings. The van der Waals surface area contributed by atoms with Gasteiger partial charge in [-0.25, -0.2) is 8.78 Å². The number of hydrogen-bond donors (Lipinski definition) is 1. The Kier molecular flexibility index (Phi) is 6.27. The second-order valence-electron chi connectivity index (χ2n) is 5.46. The topological polar surface area (TPSA) is 41.6 Å². The number of rotatable bonds is 6. The number of carbonyl (C=O) groups excluding carboxylic acids is 1. The molecule has 1 N–H and O–H groups in total. The summed E-state index contributed by atoms with van der Waals surface area (Å²) >= 11 is 0. The van der Waals surface area contributed by atoms with Gasteiger partial charge in [-0.3, -0.25) is 9.69 Å². The lowest BCUT2D eigenvalue weighted by Crippen LogP contribution is -2.44. The van der Waals surface area contributed by atoms with E-state index in [0.717, 1.165) is 38.2 Å². The highest BCUT2D eigenvalue weighted by Crippen LogP contribution is 2.11. The number of hydrogen-bond acceptors (Lipinski definition) is 3. The molecule has 0 bridgehead atoms. The van der Waals surface area contributed by atoms with E-state index in [-0.39, 0.29) is 11.7 Å². The molecule has 22 heavy (non-hydrogen) atoms. The van der Waals surface area contributed by atoms with Gasteiger partial charge in [-0.2, -0.15) is 0 Å². The molecule has 2 rings (SSSR count). The van der Waals surface area contributed by atoms with Crippen LogP contribution in [0.25, 0.3) is 0 Å². The van der Waals surface area contributed by atoms with Gasteiger partial charge in [0.05, 0.1) is 18.3 Å². The van der Waals surface area contributed by atoms with Crippen molar-refractivity contribution in [1.82, 2.24) is 10.2 Å². The van der Waals surface area contributed by atoms with Crippen molar-refractivity contribution in [3.63, 3.8) is 0 Å². The maximum Gasteiger partial charge on any atom is 0.254 e. The molecule has 1 saturated heterocycles. The standard InChI is InChI=1S/C16H22F2N2O2/c1-2-7-20-8-9-22-13(11-20)5-6-19-16(21)14-4-3-12(17)10-15(14)18/h3-4,10,13H,2,5-9,11H2,1H3,(H,19,21). The van der Waals surface area contributed by atoms with Crippen LogP contribution in [0.5, 0.6) is 0 Å². The van der Waals surface area contributed by atoms with Crippen molar-refractivity contribution in [3.05, 3.63) is 35.4 Å². The molecule has 122 valence electrons. The van der Waals surface area contributed by atoms with Crippen LogP contribution in [0.15, 0.2) is 18.2 Å². The Labute approximate surface area is 129 Å². The molecule has 1 heterocycles. The van der Waals surface area contributed by atoms with Gasteiger partial charge in [-0.15, -0.1) is 0 Å². The summed E-state index contributed by atoms with van der Waals surface area (Å²) < 4.78 is 32.0. The largest absolute Gasteiger partial charge is 0.375 e.